The fourth-order valence-electron chi connectivity index (χ4n) is 2.78. The molecule has 2 atom stereocenters. The smallest absolute Gasteiger partial charge is 0.317 e. The van der Waals surface area contributed by atoms with Gasteiger partial charge in [-0.3, -0.25) is 4.79 Å². The van der Waals surface area contributed by atoms with E-state index < -0.39 is 5.41 Å². The number of hydrogen-bond acceptors (Lipinski definition) is 3. The van der Waals surface area contributed by atoms with Gasteiger partial charge in [0.05, 0.1) is 12.0 Å². The minimum Gasteiger partial charge on any atom is -0.508 e. The molecule has 1 fully saturated rings. The molecule has 0 amide bonds. The first-order valence-corrected chi connectivity index (χ1v) is 6.01. The molecular formula is C14H18O3. The summed E-state index contributed by atoms with van der Waals surface area (Å²) in [4.78, 5) is 12.1. The average molecular weight is 234 g/mol. The Morgan fingerprint density at radius 2 is 1.82 bits per heavy atom. The lowest BCUT2D eigenvalue weighted by Gasteiger charge is -2.16. The third-order valence-corrected chi connectivity index (χ3v) is 4.04. The van der Waals surface area contributed by atoms with Crippen LogP contribution in [0.3, 0.4) is 0 Å². The average Bonchev–Trinajstić information content (AvgIpc) is 2.85. The Morgan fingerprint density at radius 3 is 2.24 bits per heavy atom. The van der Waals surface area contributed by atoms with Crippen molar-refractivity contribution >= 4 is 5.97 Å². The highest BCUT2D eigenvalue weighted by atomic mass is 16.5. The van der Waals surface area contributed by atoms with E-state index >= 15 is 0 Å². The molecular weight excluding hydrogens is 216 g/mol. The van der Waals surface area contributed by atoms with Gasteiger partial charge in [0.25, 0.3) is 0 Å². The second-order valence-electron chi connectivity index (χ2n) is 4.71. The van der Waals surface area contributed by atoms with Crippen LogP contribution >= 0.6 is 0 Å². The Hall–Kier alpha value is -1.51. The lowest BCUT2D eigenvalue weighted by molar-refractivity contribution is -0.147. The second-order valence-corrected chi connectivity index (χ2v) is 4.71. The molecule has 3 nitrogen and oxygen atoms in total. The SMILES string of the molecule is CCOC(=O)C1(c2ccc(O)cc2)C(C)C1C. The van der Waals surface area contributed by atoms with E-state index in [4.69, 9.17) is 4.74 Å². The molecule has 2 rings (SSSR count). The topological polar surface area (TPSA) is 46.5 Å². The van der Waals surface area contributed by atoms with E-state index in [0.717, 1.165) is 5.56 Å². The van der Waals surface area contributed by atoms with E-state index in [2.05, 4.69) is 13.8 Å². The summed E-state index contributed by atoms with van der Waals surface area (Å²) in [5.74, 6) is 0.636. The number of hydrogen-bond donors (Lipinski definition) is 1. The first kappa shape index (κ1) is 12.0. The van der Waals surface area contributed by atoms with Crippen LogP contribution in [0.5, 0.6) is 5.75 Å². The van der Waals surface area contributed by atoms with Gasteiger partial charge in [0, 0.05) is 0 Å². The molecule has 1 aromatic carbocycles. The Kier molecular flexibility index (Phi) is 2.86. The Labute approximate surface area is 101 Å². The highest BCUT2D eigenvalue weighted by Gasteiger charge is 2.66. The van der Waals surface area contributed by atoms with Gasteiger partial charge in [0.15, 0.2) is 0 Å². The van der Waals surface area contributed by atoms with Gasteiger partial charge in [-0.05, 0) is 36.5 Å². The summed E-state index contributed by atoms with van der Waals surface area (Å²) in [6, 6.07) is 6.86. The third-order valence-electron chi connectivity index (χ3n) is 4.04. The molecule has 1 aliphatic carbocycles. The molecule has 0 heterocycles. The lowest BCUT2D eigenvalue weighted by Crippen LogP contribution is -2.26. The number of carbonyl (C=O) groups is 1. The normalized spacial score (nSPS) is 31.0. The molecule has 92 valence electrons. The molecule has 0 bridgehead atoms. The summed E-state index contributed by atoms with van der Waals surface area (Å²) in [5.41, 5.74) is 0.428. The van der Waals surface area contributed by atoms with Gasteiger partial charge in [-0.25, -0.2) is 0 Å². The molecule has 1 aliphatic rings. The molecule has 0 saturated heterocycles. The first-order valence-electron chi connectivity index (χ1n) is 6.01. The van der Waals surface area contributed by atoms with Crippen LogP contribution in [0.25, 0.3) is 0 Å². The minimum atomic E-state index is -0.510. The van der Waals surface area contributed by atoms with Crippen molar-refractivity contribution in [1.29, 1.82) is 0 Å². The quantitative estimate of drug-likeness (QED) is 0.817. The van der Waals surface area contributed by atoms with E-state index in [1.54, 1.807) is 12.1 Å². The van der Waals surface area contributed by atoms with E-state index in [1.165, 1.54) is 0 Å². The van der Waals surface area contributed by atoms with Gasteiger partial charge < -0.3 is 9.84 Å². The van der Waals surface area contributed by atoms with Gasteiger partial charge >= 0.3 is 5.97 Å². The highest BCUT2D eigenvalue weighted by molar-refractivity contribution is 5.88. The fraction of sp³-hybridized carbons (Fsp3) is 0.500. The number of esters is 1. The van der Waals surface area contributed by atoms with E-state index in [-0.39, 0.29) is 23.6 Å². The number of phenolic OH excluding ortho intramolecular Hbond substituents is 1. The van der Waals surface area contributed by atoms with Gasteiger partial charge in [0.1, 0.15) is 5.75 Å². The molecule has 2 unspecified atom stereocenters. The van der Waals surface area contributed by atoms with E-state index in [1.807, 2.05) is 19.1 Å². The van der Waals surface area contributed by atoms with Crippen molar-refractivity contribution in [3.8, 4) is 5.75 Å². The van der Waals surface area contributed by atoms with Crippen molar-refractivity contribution in [3.63, 3.8) is 0 Å². The van der Waals surface area contributed by atoms with Crippen molar-refractivity contribution in [1.82, 2.24) is 0 Å². The van der Waals surface area contributed by atoms with Crippen LogP contribution in [-0.4, -0.2) is 17.7 Å². The van der Waals surface area contributed by atoms with Crippen LogP contribution in [0, 0.1) is 11.8 Å². The molecule has 1 aromatic rings. The Balaban J connectivity index is 2.37. The van der Waals surface area contributed by atoms with Gasteiger partial charge in [-0.1, -0.05) is 26.0 Å². The van der Waals surface area contributed by atoms with Crippen LogP contribution in [0.15, 0.2) is 24.3 Å². The number of rotatable bonds is 3. The zero-order chi connectivity index (χ0) is 12.6. The van der Waals surface area contributed by atoms with Crippen LogP contribution < -0.4 is 0 Å². The van der Waals surface area contributed by atoms with E-state index in [9.17, 15) is 9.90 Å². The van der Waals surface area contributed by atoms with Gasteiger partial charge in [0.2, 0.25) is 0 Å². The first-order chi connectivity index (χ1) is 8.05. The molecule has 3 heteroatoms. The number of aromatic hydroxyl groups is 1. The maximum Gasteiger partial charge on any atom is 0.317 e. The van der Waals surface area contributed by atoms with Crippen LogP contribution in [0.1, 0.15) is 26.3 Å². The van der Waals surface area contributed by atoms with Gasteiger partial charge in [-0.2, -0.15) is 0 Å². The molecule has 0 radical (unpaired) electrons. The zero-order valence-corrected chi connectivity index (χ0v) is 10.4. The van der Waals surface area contributed by atoms with Crippen LogP contribution in [0.2, 0.25) is 0 Å². The molecule has 1 N–H and O–H groups in total. The minimum absolute atomic E-state index is 0.148. The van der Waals surface area contributed by atoms with Crippen molar-refractivity contribution in [2.75, 3.05) is 6.61 Å². The van der Waals surface area contributed by atoms with Crippen molar-refractivity contribution in [2.45, 2.75) is 26.2 Å². The number of carbonyl (C=O) groups excluding carboxylic acids is 1. The maximum absolute atomic E-state index is 12.1. The number of phenols is 1. The van der Waals surface area contributed by atoms with Crippen molar-refractivity contribution < 1.29 is 14.6 Å². The molecule has 0 aromatic heterocycles. The van der Waals surface area contributed by atoms with Crippen LogP contribution in [0.4, 0.5) is 0 Å². The number of ether oxygens (including phenoxy) is 1. The van der Waals surface area contributed by atoms with Crippen molar-refractivity contribution in [3.05, 3.63) is 29.8 Å². The van der Waals surface area contributed by atoms with E-state index in [0.29, 0.717) is 6.61 Å². The van der Waals surface area contributed by atoms with Crippen molar-refractivity contribution in [2.24, 2.45) is 11.8 Å². The zero-order valence-electron chi connectivity index (χ0n) is 10.4. The monoisotopic (exact) mass is 234 g/mol. The molecule has 0 spiro atoms. The highest BCUT2D eigenvalue weighted by Crippen LogP contribution is 2.60. The Bertz CT molecular complexity index is 414. The molecule has 0 aliphatic heterocycles. The largest absolute Gasteiger partial charge is 0.508 e. The predicted octanol–water partition coefficient (Wildman–Crippen LogP) is 2.48. The standard InChI is InChI=1S/C14H18O3/c1-4-17-13(16)14(9(2)10(14)3)11-5-7-12(15)8-6-11/h5-10,15H,4H2,1-3H3. The summed E-state index contributed by atoms with van der Waals surface area (Å²) in [7, 11) is 0. The third kappa shape index (κ3) is 1.61. The summed E-state index contributed by atoms with van der Waals surface area (Å²) < 4.78 is 5.19. The lowest BCUT2D eigenvalue weighted by atomic mass is 9.92. The molecule has 1 saturated carbocycles. The predicted molar refractivity (Wildman–Crippen MR) is 64.7 cm³/mol. The summed E-state index contributed by atoms with van der Waals surface area (Å²) in [6.07, 6.45) is 0. The summed E-state index contributed by atoms with van der Waals surface area (Å²) in [5, 5.41) is 9.30. The summed E-state index contributed by atoms with van der Waals surface area (Å²) >= 11 is 0. The fourth-order valence-corrected chi connectivity index (χ4v) is 2.78. The summed E-state index contributed by atoms with van der Waals surface area (Å²) in [6.45, 7) is 6.35. The number of benzene rings is 1. The maximum atomic E-state index is 12.1. The van der Waals surface area contributed by atoms with Gasteiger partial charge in [-0.15, -0.1) is 0 Å². The second kappa shape index (κ2) is 4.06. The molecule has 17 heavy (non-hydrogen) atoms. The van der Waals surface area contributed by atoms with Crippen LogP contribution in [-0.2, 0) is 14.9 Å². The Morgan fingerprint density at radius 1 is 1.29 bits per heavy atom.